The Kier molecular flexibility index (Phi) is 3.78. The van der Waals surface area contributed by atoms with Crippen molar-refractivity contribution >= 4 is 0 Å². The maximum Gasteiger partial charge on any atom is 0.110 e. The molecule has 1 unspecified atom stereocenters. The highest BCUT2D eigenvalue weighted by molar-refractivity contribution is 5.07. The molecule has 2 rings (SSSR count). The molecule has 1 heterocycles. The maximum absolute atomic E-state index is 10.0. The van der Waals surface area contributed by atoms with Crippen LogP contribution in [0.1, 0.15) is 37.9 Å². The zero-order chi connectivity index (χ0) is 11.4. The van der Waals surface area contributed by atoms with Crippen LogP contribution >= 0.6 is 0 Å². The predicted molar refractivity (Wildman–Crippen MR) is 64.1 cm³/mol. The van der Waals surface area contributed by atoms with Gasteiger partial charge in [-0.1, -0.05) is 11.6 Å². The zero-order valence-corrected chi connectivity index (χ0v) is 9.89. The van der Waals surface area contributed by atoms with Gasteiger partial charge in [0, 0.05) is 25.9 Å². The quantitative estimate of drug-likeness (QED) is 0.790. The molecule has 0 bridgehead atoms. The van der Waals surface area contributed by atoms with Crippen molar-refractivity contribution in [3.8, 4) is 0 Å². The van der Waals surface area contributed by atoms with Gasteiger partial charge in [-0.2, -0.15) is 0 Å². The van der Waals surface area contributed by atoms with E-state index in [1.807, 2.05) is 17.8 Å². The standard InChI is InChI=1S/C13H20N2O/c1-15-8-7-14-13(15)10-12(16)9-11-5-3-2-4-6-11/h5,7-8,12,16H,2-4,6,9-10H2,1H3. The van der Waals surface area contributed by atoms with Crippen LogP contribution in [0.4, 0.5) is 0 Å². The molecule has 0 saturated carbocycles. The molecule has 3 nitrogen and oxygen atoms in total. The lowest BCUT2D eigenvalue weighted by Crippen LogP contribution is -2.15. The summed E-state index contributed by atoms with van der Waals surface area (Å²) in [6.45, 7) is 0. The van der Waals surface area contributed by atoms with E-state index in [1.54, 1.807) is 6.20 Å². The molecule has 1 aliphatic rings. The van der Waals surface area contributed by atoms with E-state index in [9.17, 15) is 5.11 Å². The molecule has 0 amide bonds. The Labute approximate surface area is 96.8 Å². The Morgan fingerprint density at radius 1 is 1.44 bits per heavy atom. The fourth-order valence-corrected chi connectivity index (χ4v) is 2.27. The average Bonchev–Trinajstić information content (AvgIpc) is 2.66. The third-order valence-electron chi connectivity index (χ3n) is 3.22. The third-order valence-corrected chi connectivity index (χ3v) is 3.22. The second-order valence-corrected chi connectivity index (χ2v) is 4.62. The molecule has 0 fully saturated rings. The molecule has 16 heavy (non-hydrogen) atoms. The highest BCUT2D eigenvalue weighted by Crippen LogP contribution is 2.22. The first-order valence-electron chi connectivity index (χ1n) is 6.08. The number of aliphatic hydroxyl groups is 1. The van der Waals surface area contributed by atoms with E-state index in [2.05, 4.69) is 11.1 Å². The summed E-state index contributed by atoms with van der Waals surface area (Å²) >= 11 is 0. The first-order valence-corrected chi connectivity index (χ1v) is 6.08. The molecule has 0 saturated heterocycles. The lowest BCUT2D eigenvalue weighted by molar-refractivity contribution is 0.170. The summed E-state index contributed by atoms with van der Waals surface area (Å²) in [7, 11) is 1.97. The SMILES string of the molecule is Cn1ccnc1CC(O)CC1=CCCCC1. The topological polar surface area (TPSA) is 38.0 Å². The second kappa shape index (κ2) is 5.30. The predicted octanol–water partition coefficient (Wildman–Crippen LogP) is 2.21. The first kappa shape index (κ1) is 11.4. The van der Waals surface area contributed by atoms with Gasteiger partial charge in [0.1, 0.15) is 5.82 Å². The molecule has 0 aromatic carbocycles. The van der Waals surface area contributed by atoms with E-state index in [0.717, 1.165) is 18.7 Å². The van der Waals surface area contributed by atoms with Gasteiger partial charge in [0.2, 0.25) is 0 Å². The second-order valence-electron chi connectivity index (χ2n) is 4.62. The minimum Gasteiger partial charge on any atom is -0.392 e. The monoisotopic (exact) mass is 220 g/mol. The summed E-state index contributed by atoms with van der Waals surface area (Å²) in [6.07, 6.45) is 12.1. The Morgan fingerprint density at radius 3 is 2.94 bits per heavy atom. The summed E-state index contributed by atoms with van der Waals surface area (Å²) in [5.41, 5.74) is 1.42. The van der Waals surface area contributed by atoms with Crippen molar-refractivity contribution in [2.45, 2.75) is 44.6 Å². The fourth-order valence-electron chi connectivity index (χ4n) is 2.27. The van der Waals surface area contributed by atoms with Crippen LogP contribution in [0.25, 0.3) is 0 Å². The number of rotatable bonds is 4. The Bertz CT molecular complexity index is 368. The number of aliphatic hydroxyl groups excluding tert-OH is 1. The van der Waals surface area contributed by atoms with E-state index < -0.39 is 0 Å². The van der Waals surface area contributed by atoms with E-state index >= 15 is 0 Å². The van der Waals surface area contributed by atoms with Gasteiger partial charge in [0.15, 0.2) is 0 Å². The number of aromatic nitrogens is 2. The van der Waals surface area contributed by atoms with E-state index in [1.165, 1.54) is 24.8 Å². The molecular weight excluding hydrogens is 200 g/mol. The van der Waals surface area contributed by atoms with Gasteiger partial charge in [0.25, 0.3) is 0 Å². The number of allylic oxidation sites excluding steroid dienone is 1. The number of aryl methyl sites for hydroxylation is 1. The van der Waals surface area contributed by atoms with Gasteiger partial charge < -0.3 is 9.67 Å². The normalized spacial score (nSPS) is 18.2. The lowest BCUT2D eigenvalue weighted by atomic mass is 9.94. The van der Waals surface area contributed by atoms with Crippen molar-refractivity contribution in [2.75, 3.05) is 0 Å². The van der Waals surface area contributed by atoms with E-state index in [-0.39, 0.29) is 6.10 Å². The molecule has 1 atom stereocenters. The molecule has 1 aliphatic carbocycles. The summed E-state index contributed by atoms with van der Waals surface area (Å²) in [5, 5.41) is 10.0. The van der Waals surface area contributed by atoms with Crippen LogP contribution in [0, 0.1) is 0 Å². The van der Waals surface area contributed by atoms with Crippen LogP contribution in [-0.2, 0) is 13.5 Å². The van der Waals surface area contributed by atoms with E-state index in [0.29, 0.717) is 6.42 Å². The fraction of sp³-hybridized carbons (Fsp3) is 0.615. The number of nitrogens with zero attached hydrogens (tertiary/aromatic N) is 2. The highest BCUT2D eigenvalue weighted by Gasteiger charge is 2.12. The summed E-state index contributed by atoms with van der Waals surface area (Å²) < 4.78 is 1.97. The van der Waals surface area contributed by atoms with Gasteiger partial charge in [-0.15, -0.1) is 0 Å². The number of hydrogen-bond donors (Lipinski definition) is 1. The summed E-state index contributed by atoms with van der Waals surface area (Å²) in [5.74, 6) is 0.962. The molecule has 88 valence electrons. The van der Waals surface area contributed by atoms with Crippen LogP contribution in [0.2, 0.25) is 0 Å². The zero-order valence-electron chi connectivity index (χ0n) is 9.89. The molecule has 1 N–H and O–H groups in total. The van der Waals surface area contributed by atoms with Gasteiger partial charge in [-0.3, -0.25) is 0 Å². The van der Waals surface area contributed by atoms with Gasteiger partial charge in [-0.05, 0) is 32.1 Å². The van der Waals surface area contributed by atoms with Crippen LogP contribution in [-0.4, -0.2) is 20.8 Å². The minimum absolute atomic E-state index is 0.287. The first-order chi connectivity index (χ1) is 7.75. The number of imidazole rings is 1. The molecule has 0 aliphatic heterocycles. The van der Waals surface area contributed by atoms with Crippen LogP contribution in [0.15, 0.2) is 24.0 Å². The maximum atomic E-state index is 10.0. The largest absolute Gasteiger partial charge is 0.392 e. The van der Waals surface area contributed by atoms with Gasteiger partial charge >= 0.3 is 0 Å². The van der Waals surface area contributed by atoms with Crippen molar-refractivity contribution in [3.05, 3.63) is 29.9 Å². The molecular formula is C13H20N2O. The van der Waals surface area contributed by atoms with Crippen molar-refractivity contribution in [2.24, 2.45) is 7.05 Å². The molecule has 0 radical (unpaired) electrons. The van der Waals surface area contributed by atoms with Crippen molar-refractivity contribution in [1.29, 1.82) is 0 Å². The van der Waals surface area contributed by atoms with Crippen molar-refractivity contribution in [1.82, 2.24) is 9.55 Å². The van der Waals surface area contributed by atoms with Crippen LogP contribution < -0.4 is 0 Å². The minimum atomic E-state index is -0.287. The smallest absolute Gasteiger partial charge is 0.110 e. The third kappa shape index (κ3) is 2.95. The Morgan fingerprint density at radius 2 is 2.31 bits per heavy atom. The molecule has 3 heteroatoms. The Hall–Kier alpha value is -1.09. The molecule has 1 aromatic heterocycles. The van der Waals surface area contributed by atoms with Crippen molar-refractivity contribution < 1.29 is 5.11 Å². The van der Waals surface area contributed by atoms with Crippen LogP contribution in [0.5, 0.6) is 0 Å². The van der Waals surface area contributed by atoms with Crippen molar-refractivity contribution in [3.63, 3.8) is 0 Å². The van der Waals surface area contributed by atoms with Gasteiger partial charge in [0.05, 0.1) is 6.10 Å². The molecule has 0 spiro atoms. The summed E-state index contributed by atoms with van der Waals surface area (Å²) in [6, 6.07) is 0. The number of hydrogen-bond acceptors (Lipinski definition) is 2. The average molecular weight is 220 g/mol. The van der Waals surface area contributed by atoms with E-state index in [4.69, 9.17) is 0 Å². The Balaban J connectivity index is 1.86. The lowest BCUT2D eigenvalue weighted by Gasteiger charge is -2.16. The summed E-state index contributed by atoms with van der Waals surface area (Å²) in [4.78, 5) is 4.23. The van der Waals surface area contributed by atoms with Gasteiger partial charge in [-0.25, -0.2) is 4.98 Å². The molecule has 1 aromatic rings. The van der Waals surface area contributed by atoms with Crippen LogP contribution in [0.3, 0.4) is 0 Å². The highest BCUT2D eigenvalue weighted by atomic mass is 16.3.